The minimum atomic E-state index is -1.08. The van der Waals surface area contributed by atoms with Crippen molar-refractivity contribution in [2.75, 3.05) is 0 Å². The summed E-state index contributed by atoms with van der Waals surface area (Å²) in [4.78, 5) is 10.6. The molecule has 0 spiro atoms. The molecule has 106 valence electrons. The highest BCUT2D eigenvalue weighted by atomic mass is 19.1. The maximum atomic E-state index is 12.7. The second kappa shape index (κ2) is 6.21. The minimum Gasteiger partial charge on any atom is -0.486 e. The average molecular weight is 279 g/mol. The first-order valence-corrected chi connectivity index (χ1v) is 5.99. The lowest BCUT2D eigenvalue weighted by Gasteiger charge is -2.04. The Morgan fingerprint density at radius 2 is 1.90 bits per heavy atom. The normalized spacial score (nSPS) is 12.1. The molecule has 0 aliphatic carbocycles. The monoisotopic (exact) mass is 279 g/mol. The van der Waals surface area contributed by atoms with Gasteiger partial charge in [-0.15, -0.1) is 0 Å². The number of ether oxygens (including phenoxy) is 1. The third-order valence-corrected chi connectivity index (χ3v) is 2.65. The standard InChI is InChI=1S/C14H14FNO4/c15-9-1-3-10(4-2-9)19-8-12-6-5-11(20-12)7-13(16)14(17)18/h1-6,13H,7-8,16H2,(H,17,18). The topological polar surface area (TPSA) is 85.7 Å². The summed E-state index contributed by atoms with van der Waals surface area (Å²) in [7, 11) is 0. The third-order valence-electron chi connectivity index (χ3n) is 2.65. The summed E-state index contributed by atoms with van der Waals surface area (Å²) < 4.78 is 23.5. The average Bonchev–Trinajstić information content (AvgIpc) is 2.85. The molecule has 1 aromatic heterocycles. The van der Waals surface area contributed by atoms with Gasteiger partial charge in [0.2, 0.25) is 0 Å². The van der Waals surface area contributed by atoms with Crippen molar-refractivity contribution in [3.8, 4) is 5.75 Å². The Morgan fingerprint density at radius 1 is 1.25 bits per heavy atom. The molecule has 0 bridgehead atoms. The zero-order valence-electron chi connectivity index (χ0n) is 10.6. The summed E-state index contributed by atoms with van der Waals surface area (Å²) in [5, 5.41) is 8.70. The molecule has 0 aliphatic rings. The van der Waals surface area contributed by atoms with E-state index in [9.17, 15) is 9.18 Å². The first-order chi connectivity index (χ1) is 9.54. The predicted octanol–water partition coefficient (Wildman–Crippen LogP) is 1.95. The van der Waals surface area contributed by atoms with Crippen molar-refractivity contribution in [3.05, 3.63) is 53.7 Å². The third kappa shape index (κ3) is 3.83. The molecule has 2 aromatic rings. The number of benzene rings is 1. The number of carbonyl (C=O) groups is 1. The van der Waals surface area contributed by atoms with Gasteiger partial charge in [-0.2, -0.15) is 0 Å². The Hall–Kier alpha value is -2.34. The van der Waals surface area contributed by atoms with Crippen LogP contribution in [0.4, 0.5) is 4.39 Å². The fourth-order valence-corrected chi connectivity index (χ4v) is 1.60. The number of hydrogen-bond donors (Lipinski definition) is 2. The highest BCUT2D eigenvalue weighted by Crippen LogP contribution is 2.15. The number of rotatable bonds is 6. The van der Waals surface area contributed by atoms with Crippen molar-refractivity contribution in [2.24, 2.45) is 5.73 Å². The van der Waals surface area contributed by atoms with Crippen LogP contribution < -0.4 is 10.5 Å². The summed E-state index contributed by atoms with van der Waals surface area (Å²) >= 11 is 0. The van der Waals surface area contributed by atoms with Gasteiger partial charge in [-0.25, -0.2) is 4.39 Å². The number of aliphatic carboxylic acids is 1. The van der Waals surface area contributed by atoms with E-state index in [1.54, 1.807) is 12.1 Å². The summed E-state index contributed by atoms with van der Waals surface area (Å²) in [5.41, 5.74) is 5.41. The number of nitrogens with two attached hydrogens (primary N) is 1. The van der Waals surface area contributed by atoms with Gasteiger partial charge in [0.15, 0.2) is 0 Å². The zero-order valence-corrected chi connectivity index (χ0v) is 10.6. The molecule has 0 saturated carbocycles. The number of carboxylic acids is 1. The molecule has 1 atom stereocenters. The number of carboxylic acid groups (broad SMARTS) is 1. The van der Waals surface area contributed by atoms with Gasteiger partial charge >= 0.3 is 5.97 Å². The molecule has 0 saturated heterocycles. The van der Waals surface area contributed by atoms with E-state index in [-0.39, 0.29) is 18.8 Å². The molecule has 6 heteroatoms. The lowest BCUT2D eigenvalue weighted by Crippen LogP contribution is -2.32. The summed E-state index contributed by atoms with van der Waals surface area (Å²) in [6.07, 6.45) is 0.117. The first kappa shape index (κ1) is 14.1. The lowest BCUT2D eigenvalue weighted by molar-refractivity contribution is -0.138. The number of hydrogen-bond acceptors (Lipinski definition) is 4. The smallest absolute Gasteiger partial charge is 0.320 e. The van der Waals surface area contributed by atoms with Crippen LogP contribution in [0.1, 0.15) is 11.5 Å². The van der Waals surface area contributed by atoms with E-state index in [4.69, 9.17) is 20.0 Å². The summed E-state index contributed by atoms with van der Waals surface area (Å²) in [6, 6.07) is 7.98. The quantitative estimate of drug-likeness (QED) is 0.844. The van der Waals surface area contributed by atoms with Crippen molar-refractivity contribution >= 4 is 5.97 Å². The molecule has 1 heterocycles. The fraction of sp³-hybridized carbons (Fsp3) is 0.214. The molecule has 1 unspecified atom stereocenters. The van der Waals surface area contributed by atoms with Crippen LogP contribution in [0.3, 0.4) is 0 Å². The van der Waals surface area contributed by atoms with E-state index in [1.807, 2.05) is 0 Å². The van der Waals surface area contributed by atoms with Crippen LogP contribution in [0.15, 0.2) is 40.8 Å². The predicted molar refractivity (Wildman–Crippen MR) is 68.8 cm³/mol. The van der Waals surface area contributed by atoms with E-state index in [2.05, 4.69) is 0 Å². The lowest BCUT2D eigenvalue weighted by atomic mass is 10.2. The zero-order chi connectivity index (χ0) is 14.5. The van der Waals surface area contributed by atoms with Crippen LogP contribution in [-0.4, -0.2) is 17.1 Å². The maximum absolute atomic E-state index is 12.7. The van der Waals surface area contributed by atoms with E-state index >= 15 is 0 Å². The second-order valence-corrected chi connectivity index (χ2v) is 4.26. The van der Waals surface area contributed by atoms with Crippen LogP contribution in [0.25, 0.3) is 0 Å². The fourth-order valence-electron chi connectivity index (χ4n) is 1.60. The van der Waals surface area contributed by atoms with Crippen LogP contribution in [-0.2, 0) is 17.8 Å². The van der Waals surface area contributed by atoms with Gasteiger partial charge in [0, 0.05) is 6.42 Å². The molecule has 0 fully saturated rings. The van der Waals surface area contributed by atoms with E-state index in [0.29, 0.717) is 17.3 Å². The molecular formula is C14H14FNO4. The van der Waals surface area contributed by atoms with Crippen molar-refractivity contribution in [1.82, 2.24) is 0 Å². The van der Waals surface area contributed by atoms with Gasteiger partial charge in [0.1, 0.15) is 35.7 Å². The van der Waals surface area contributed by atoms with Crippen molar-refractivity contribution in [2.45, 2.75) is 19.1 Å². The van der Waals surface area contributed by atoms with Gasteiger partial charge in [0.25, 0.3) is 0 Å². The summed E-state index contributed by atoms with van der Waals surface area (Å²) in [6.45, 7) is 0.175. The van der Waals surface area contributed by atoms with Crippen LogP contribution in [0.5, 0.6) is 5.75 Å². The van der Waals surface area contributed by atoms with Crippen LogP contribution in [0.2, 0.25) is 0 Å². The van der Waals surface area contributed by atoms with Crippen molar-refractivity contribution < 1.29 is 23.4 Å². The van der Waals surface area contributed by atoms with E-state index in [1.165, 1.54) is 24.3 Å². The van der Waals surface area contributed by atoms with E-state index < -0.39 is 12.0 Å². The van der Waals surface area contributed by atoms with Crippen LogP contribution >= 0.6 is 0 Å². The Balaban J connectivity index is 1.89. The van der Waals surface area contributed by atoms with E-state index in [0.717, 1.165) is 0 Å². The van der Waals surface area contributed by atoms with Crippen molar-refractivity contribution in [1.29, 1.82) is 0 Å². The molecule has 0 amide bonds. The Kier molecular flexibility index (Phi) is 4.37. The minimum absolute atomic E-state index is 0.117. The SMILES string of the molecule is NC(Cc1ccc(COc2ccc(F)cc2)o1)C(=O)O. The molecule has 0 aliphatic heterocycles. The highest BCUT2D eigenvalue weighted by molar-refractivity contribution is 5.73. The molecule has 5 nitrogen and oxygen atoms in total. The van der Waals surface area contributed by atoms with Crippen LogP contribution in [0, 0.1) is 5.82 Å². The van der Waals surface area contributed by atoms with Gasteiger partial charge in [-0.1, -0.05) is 0 Å². The van der Waals surface area contributed by atoms with Gasteiger partial charge in [0.05, 0.1) is 0 Å². The molecule has 3 N–H and O–H groups in total. The van der Waals surface area contributed by atoms with Gasteiger partial charge in [-0.05, 0) is 36.4 Å². The second-order valence-electron chi connectivity index (χ2n) is 4.26. The number of furan rings is 1. The molecule has 20 heavy (non-hydrogen) atoms. The van der Waals surface area contributed by atoms with Crippen molar-refractivity contribution in [3.63, 3.8) is 0 Å². The Labute approximate surface area is 114 Å². The van der Waals surface area contributed by atoms with Gasteiger partial charge < -0.3 is 20.0 Å². The maximum Gasteiger partial charge on any atom is 0.320 e. The molecule has 2 rings (SSSR count). The summed E-state index contributed by atoms with van der Waals surface area (Å²) in [5.74, 6) is 0.136. The first-order valence-electron chi connectivity index (χ1n) is 5.99. The largest absolute Gasteiger partial charge is 0.486 e. The Bertz CT molecular complexity index is 579. The molecular weight excluding hydrogens is 265 g/mol. The van der Waals surface area contributed by atoms with Gasteiger partial charge in [-0.3, -0.25) is 4.79 Å². The highest BCUT2D eigenvalue weighted by Gasteiger charge is 2.14. The number of halogens is 1. The Morgan fingerprint density at radius 3 is 2.55 bits per heavy atom. The molecule has 1 aromatic carbocycles. The molecule has 0 radical (unpaired) electrons.